The van der Waals surface area contributed by atoms with Gasteiger partial charge in [0.2, 0.25) is 15.9 Å². The molecule has 1 unspecified atom stereocenters. The lowest BCUT2D eigenvalue weighted by Crippen LogP contribution is -2.51. The van der Waals surface area contributed by atoms with E-state index in [4.69, 9.17) is 0 Å². The summed E-state index contributed by atoms with van der Waals surface area (Å²) in [4.78, 5) is 19.4. The molecule has 150 valence electrons. The zero-order chi connectivity index (χ0) is 19.3. The molecule has 27 heavy (non-hydrogen) atoms. The molecular weight excluding hydrogens is 364 g/mol. The predicted molar refractivity (Wildman–Crippen MR) is 106 cm³/mol. The van der Waals surface area contributed by atoms with Crippen LogP contribution in [0.1, 0.15) is 50.5 Å². The summed E-state index contributed by atoms with van der Waals surface area (Å²) < 4.78 is 25.2. The number of hydrogen-bond donors (Lipinski definition) is 1. The van der Waals surface area contributed by atoms with Crippen LogP contribution < -0.4 is 10.2 Å². The van der Waals surface area contributed by atoms with Crippen molar-refractivity contribution >= 4 is 21.7 Å². The Balaban J connectivity index is 1.56. The fraction of sp³-hybridized carbons (Fsp3) is 0.684. The molecule has 0 saturated carbocycles. The molecule has 0 radical (unpaired) electrons. The Kier molecular flexibility index (Phi) is 6.70. The molecule has 1 N–H and O–H groups in total. The lowest BCUT2D eigenvalue weighted by Gasteiger charge is -2.32. The lowest BCUT2D eigenvalue weighted by molar-refractivity contribution is -0.125. The average molecular weight is 395 g/mol. The predicted octanol–water partition coefficient (Wildman–Crippen LogP) is 1.89. The van der Waals surface area contributed by atoms with E-state index in [0.29, 0.717) is 19.5 Å². The maximum atomic E-state index is 12.5. The van der Waals surface area contributed by atoms with Gasteiger partial charge in [-0.05, 0) is 37.3 Å². The third-order valence-corrected chi connectivity index (χ3v) is 6.68. The van der Waals surface area contributed by atoms with E-state index in [2.05, 4.69) is 15.2 Å². The van der Waals surface area contributed by atoms with Crippen molar-refractivity contribution in [1.29, 1.82) is 0 Å². The van der Waals surface area contributed by atoms with Gasteiger partial charge in [0, 0.05) is 32.4 Å². The number of hydrogen-bond acceptors (Lipinski definition) is 5. The van der Waals surface area contributed by atoms with Crippen molar-refractivity contribution in [3.63, 3.8) is 0 Å². The Hall–Kier alpha value is -1.67. The van der Waals surface area contributed by atoms with E-state index in [0.717, 1.165) is 37.3 Å². The van der Waals surface area contributed by atoms with Crippen molar-refractivity contribution in [3.8, 4) is 0 Å². The minimum Gasteiger partial charge on any atom is -0.357 e. The van der Waals surface area contributed by atoms with E-state index in [9.17, 15) is 13.2 Å². The molecule has 7 nitrogen and oxygen atoms in total. The van der Waals surface area contributed by atoms with Gasteiger partial charge in [0.1, 0.15) is 11.9 Å². The van der Waals surface area contributed by atoms with Gasteiger partial charge in [-0.2, -0.15) is 4.31 Å². The first-order chi connectivity index (χ1) is 12.9. The van der Waals surface area contributed by atoms with Gasteiger partial charge in [-0.15, -0.1) is 0 Å². The first-order valence-corrected chi connectivity index (χ1v) is 11.7. The molecule has 1 atom stereocenters. The molecule has 1 aromatic heterocycles. The summed E-state index contributed by atoms with van der Waals surface area (Å²) in [6.07, 6.45) is 10.2. The number of carbonyl (C=O) groups excluding carboxylic acids is 1. The topological polar surface area (TPSA) is 82.6 Å². The van der Waals surface area contributed by atoms with Gasteiger partial charge in [-0.3, -0.25) is 4.79 Å². The second kappa shape index (κ2) is 9.01. The number of nitrogens with one attached hydrogen (secondary N) is 1. The molecule has 3 rings (SSSR count). The number of piperidine rings is 1. The van der Waals surface area contributed by atoms with E-state index < -0.39 is 16.1 Å². The zero-order valence-electron chi connectivity index (χ0n) is 16.1. The molecule has 0 bridgehead atoms. The van der Waals surface area contributed by atoms with Crippen LogP contribution in [0.15, 0.2) is 18.3 Å². The number of nitrogens with zero attached hydrogens (tertiary/aromatic N) is 3. The van der Waals surface area contributed by atoms with Crippen LogP contribution in [0.5, 0.6) is 0 Å². The zero-order valence-corrected chi connectivity index (χ0v) is 16.9. The van der Waals surface area contributed by atoms with Gasteiger partial charge in [-0.1, -0.05) is 25.3 Å². The van der Waals surface area contributed by atoms with Gasteiger partial charge < -0.3 is 10.2 Å². The van der Waals surface area contributed by atoms with Crippen LogP contribution in [-0.4, -0.2) is 55.5 Å². The summed E-state index contributed by atoms with van der Waals surface area (Å²) in [5.41, 5.74) is 0.920. The summed E-state index contributed by atoms with van der Waals surface area (Å²) in [7, 11) is -3.37. The van der Waals surface area contributed by atoms with Crippen molar-refractivity contribution < 1.29 is 13.2 Å². The Morgan fingerprint density at radius 1 is 1.11 bits per heavy atom. The molecule has 0 aliphatic carbocycles. The van der Waals surface area contributed by atoms with Crippen molar-refractivity contribution in [2.75, 3.05) is 30.8 Å². The number of sulfonamides is 1. The summed E-state index contributed by atoms with van der Waals surface area (Å²) in [5, 5.41) is 2.88. The van der Waals surface area contributed by atoms with Crippen LogP contribution in [0.4, 0.5) is 5.82 Å². The fourth-order valence-corrected chi connectivity index (χ4v) is 5.00. The summed E-state index contributed by atoms with van der Waals surface area (Å²) in [6.45, 7) is 2.88. The van der Waals surface area contributed by atoms with Crippen LogP contribution in [0.2, 0.25) is 0 Å². The summed E-state index contributed by atoms with van der Waals surface area (Å²) in [5.74, 6) is 0.763. The lowest BCUT2D eigenvalue weighted by atomic mass is 10.0. The number of aromatic nitrogens is 1. The van der Waals surface area contributed by atoms with Gasteiger partial charge in [0.05, 0.1) is 6.26 Å². The van der Waals surface area contributed by atoms with Crippen LogP contribution in [-0.2, 0) is 21.4 Å². The van der Waals surface area contributed by atoms with Crippen LogP contribution in [0, 0.1) is 0 Å². The highest BCUT2D eigenvalue weighted by molar-refractivity contribution is 7.88. The summed E-state index contributed by atoms with van der Waals surface area (Å²) in [6, 6.07) is 3.40. The normalized spacial score (nSPS) is 22.3. The Morgan fingerprint density at radius 3 is 2.44 bits per heavy atom. The van der Waals surface area contributed by atoms with E-state index in [1.165, 1.54) is 36.2 Å². The third kappa shape index (κ3) is 5.42. The monoisotopic (exact) mass is 394 g/mol. The van der Waals surface area contributed by atoms with E-state index in [1.807, 2.05) is 12.1 Å². The molecule has 8 heteroatoms. The summed E-state index contributed by atoms with van der Waals surface area (Å²) >= 11 is 0. The van der Waals surface area contributed by atoms with Crippen molar-refractivity contribution in [2.45, 2.75) is 57.5 Å². The minimum absolute atomic E-state index is 0.225. The molecule has 0 spiro atoms. The van der Waals surface area contributed by atoms with Gasteiger partial charge in [-0.25, -0.2) is 13.4 Å². The van der Waals surface area contributed by atoms with E-state index in [1.54, 1.807) is 6.20 Å². The Morgan fingerprint density at radius 2 is 1.81 bits per heavy atom. The molecule has 0 aromatic carbocycles. The fourth-order valence-electron chi connectivity index (χ4n) is 3.88. The van der Waals surface area contributed by atoms with Crippen LogP contribution in [0.25, 0.3) is 0 Å². The number of rotatable bonds is 5. The Bertz CT molecular complexity index is 728. The first-order valence-electron chi connectivity index (χ1n) is 9.89. The largest absolute Gasteiger partial charge is 0.357 e. The van der Waals surface area contributed by atoms with Gasteiger partial charge in [0.25, 0.3) is 0 Å². The van der Waals surface area contributed by atoms with Gasteiger partial charge in [0.15, 0.2) is 0 Å². The smallest absolute Gasteiger partial charge is 0.238 e. The molecule has 1 aromatic rings. The van der Waals surface area contributed by atoms with E-state index >= 15 is 0 Å². The second-order valence-corrected chi connectivity index (χ2v) is 9.46. The van der Waals surface area contributed by atoms with Crippen LogP contribution in [0.3, 0.4) is 0 Å². The highest BCUT2D eigenvalue weighted by Gasteiger charge is 2.34. The highest BCUT2D eigenvalue weighted by Crippen LogP contribution is 2.20. The quantitative estimate of drug-likeness (QED) is 0.825. The number of anilines is 1. The van der Waals surface area contributed by atoms with Crippen molar-refractivity contribution in [1.82, 2.24) is 14.6 Å². The molecule has 2 aliphatic heterocycles. The molecule has 2 aliphatic rings. The SMILES string of the molecule is CS(=O)(=O)N1CCCCC1C(=O)NCc1ccc(N2CCCCCC2)nc1. The van der Waals surface area contributed by atoms with E-state index in [-0.39, 0.29) is 5.91 Å². The average Bonchev–Trinajstić information content (AvgIpc) is 2.95. The van der Waals surface area contributed by atoms with Crippen molar-refractivity contribution in [3.05, 3.63) is 23.9 Å². The third-order valence-electron chi connectivity index (χ3n) is 5.39. The number of carbonyl (C=O) groups is 1. The van der Waals surface area contributed by atoms with Gasteiger partial charge >= 0.3 is 0 Å². The second-order valence-electron chi connectivity index (χ2n) is 7.53. The molecular formula is C19H30N4O3S. The number of pyridine rings is 1. The molecule has 2 fully saturated rings. The maximum Gasteiger partial charge on any atom is 0.238 e. The highest BCUT2D eigenvalue weighted by atomic mass is 32.2. The Labute approximate surface area is 162 Å². The standard InChI is InChI=1S/C19H30N4O3S/c1-27(25,26)23-13-7-4-8-17(23)19(24)21-15-16-9-10-18(20-14-16)22-11-5-2-3-6-12-22/h9-10,14,17H,2-8,11-13,15H2,1H3,(H,21,24). The number of amides is 1. The molecule has 1 amide bonds. The molecule has 2 saturated heterocycles. The van der Waals surface area contributed by atoms with Crippen molar-refractivity contribution in [2.24, 2.45) is 0 Å². The maximum absolute atomic E-state index is 12.5. The van der Waals surface area contributed by atoms with Crippen LogP contribution >= 0.6 is 0 Å². The molecule has 3 heterocycles. The minimum atomic E-state index is -3.37. The first kappa shape index (κ1) is 20.1.